The molecule has 1 aromatic heterocycles. The van der Waals surface area contributed by atoms with E-state index in [0.717, 1.165) is 12.1 Å². The fourth-order valence-electron chi connectivity index (χ4n) is 1.33. The Kier molecular flexibility index (Phi) is 3.19. The molecule has 1 N–H and O–H groups in total. The molecule has 17 heavy (non-hydrogen) atoms. The Morgan fingerprint density at radius 1 is 1.29 bits per heavy atom. The van der Waals surface area contributed by atoms with Crippen LogP contribution in [-0.2, 0) is 0 Å². The van der Waals surface area contributed by atoms with Crippen molar-refractivity contribution in [1.29, 1.82) is 0 Å². The molecule has 0 atom stereocenters. The lowest BCUT2D eigenvalue weighted by Crippen LogP contribution is -2.11. The minimum Gasteiger partial charge on any atom is -0.319 e. The molecule has 0 aliphatic carbocycles. The number of benzene rings is 1. The molecule has 2 rings (SSSR count). The Morgan fingerprint density at radius 2 is 2.06 bits per heavy atom. The van der Waals surface area contributed by atoms with E-state index in [0.29, 0.717) is 4.88 Å². The summed E-state index contributed by atoms with van der Waals surface area (Å²) < 4.78 is 26.7. The predicted octanol–water partition coefficient (Wildman–Crippen LogP) is 3.59. The molecule has 0 unspecified atom stereocenters. The minimum absolute atomic E-state index is 0.147. The van der Waals surface area contributed by atoms with Crippen LogP contribution in [-0.4, -0.2) is 5.91 Å². The van der Waals surface area contributed by atoms with Crippen LogP contribution < -0.4 is 5.32 Å². The summed E-state index contributed by atoms with van der Waals surface area (Å²) in [5.74, 6) is -1.64. The van der Waals surface area contributed by atoms with Crippen LogP contribution in [0.1, 0.15) is 15.2 Å². The Bertz CT molecular complexity index is 552. The molecular formula is C12H9F2NOS. The molecule has 1 heterocycles. The number of carbonyl (C=O) groups excluding carboxylic acids is 1. The normalized spacial score (nSPS) is 10.3. The molecule has 5 heteroatoms. The van der Waals surface area contributed by atoms with Crippen molar-refractivity contribution in [3.63, 3.8) is 0 Å². The first-order chi connectivity index (χ1) is 8.08. The van der Waals surface area contributed by atoms with Crippen LogP contribution in [0.5, 0.6) is 0 Å². The average Bonchev–Trinajstić information content (AvgIpc) is 2.79. The van der Waals surface area contributed by atoms with Crippen LogP contribution in [0.25, 0.3) is 0 Å². The standard InChI is InChI=1S/C12H9F2NOS/c1-7-5-9(14)10(6-8(7)13)15-12(16)11-3-2-4-17-11/h2-6H,1H3,(H,15,16). The summed E-state index contributed by atoms with van der Waals surface area (Å²) in [6, 6.07) is 5.36. The van der Waals surface area contributed by atoms with Crippen molar-refractivity contribution in [2.75, 3.05) is 5.32 Å². The summed E-state index contributed by atoms with van der Waals surface area (Å²) in [5.41, 5.74) is 0.0584. The number of aryl methyl sites for hydroxylation is 1. The van der Waals surface area contributed by atoms with Crippen molar-refractivity contribution in [3.8, 4) is 0 Å². The SMILES string of the molecule is Cc1cc(F)c(NC(=O)c2cccs2)cc1F. The molecule has 0 radical (unpaired) electrons. The summed E-state index contributed by atoms with van der Waals surface area (Å²) in [7, 11) is 0. The summed E-state index contributed by atoms with van der Waals surface area (Å²) in [6.45, 7) is 1.46. The zero-order valence-electron chi connectivity index (χ0n) is 8.96. The van der Waals surface area contributed by atoms with Crippen molar-refractivity contribution in [1.82, 2.24) is 0 Å². The van der Waals surface area contributed by atoms with Crippen molar-refractivity contribution in [2.45, 2.75) is 6.92 Å². The predicted molar refractivity (Wildman–Crippen MR) is 63.4 cm³/mol. The maximum atomic E-state index is 13.5. The number of rotatable bonds is 2. The van der Waals surface area contributed by atoms with Crippen LogP contribution in [0.3, 0.4) is 0 Å². The van der Waals surface area contributed by atoms with Crippen LogP contribution in [0, 0.1) is 18.6 Å². The van der Waals surface area contributed by atoms with Crippen LogP contribution in [0.2, 0.25) is 0 Å². The van der Waals surface area contributed by atoms with E-state index < -0.39 is 17.5 Å². The van der Waals surface area contributed by atoms with Gasteiger partial charge in [-0.15, -0.1) is 11.3 Å². The van der Waals surface area contributed by atoms with Gasteiger partial charge in [0.05, 0.1) is 10.6 Å². The lowest BCUT2D eigenvalue weighted by Gasteiger charge is -2.06. The highest BCUT2D eigenvalue weighted by molar-refractivity contribution is 7.12. The second kappa shape index (κ2) is 4.63. The van der Waals surface area contributed by atoms with Gasteiger partial charge in [-0.25, -0.2) is 8.78 Å². The molecule has 0 fully saturated rings. The highest BCUT2D eigenvalue weighted by Gasteiger charge is 2.12. The number of hydrogen-bond acceptors (Lipinski definition) is 2. The molecule has 2 aromatic rings. The first-order valence-electron chi connectivity index (χ1n) is 4.88. The summed E-state index contributed by atoms with van der Waals surface area (Å²) in [5, 5.41) is 4.07. The van der Waals surface area contributed by atoms with E-state index in [4.69, 9.17) is 0 Å². The number of hydrogen-bond donors (Lipinski definition) is 1. The van der Waals surface area contributed by atoms with Gasteiger partial charge in [-0.1, -0.05) is 6.07 Å². The molecule has 0 spiro atoms. The lowest BCUT2D eigenvalue weighted by atomic mass is 10.2. The molecule has 1 amide bonds. The maximum Gasteiger partial charge on any atom is 0.265 e. The van der Waals surface area contributed by atoms with Gasteiger partial charge in [-0.05, 0) is 30.0 Å². The third-order valence-corrected chi connectivity index (χ3v) is 3.11. The van der Waals surface area contributed by atoms with Gasteiger partial charge in [0.2, 0.25) is 0 Å². The molecular weight excluding hydrogens is 244 g/mol. The molecule has 0 bridgehead atoms. The van der Waals surface area contributed by atoms with Gasteiger partial charge in [0.1, 0.15) is 11.6 Å². The summed E-state index contributed by atoms with van der Waals surface area (Å²) in [6.07, 6.45) is 0. The second-order valence-electron chi connectivity index (χ2n) is 3.51. The van der Waals surface area contributed by atoms with Crippen molar-refractivity contribution in [3.05, 3.63) is 51.7 Å². The van der Waals surface area contributed by atoms with Gasteiger partial charge in [0, 0.05) is 6.07 Å². The number of carbonyl (C=O) groups is 1. The van der Waals surface area contributed by atoms with E-state index in [1.54, 1.807) is 17.5 Å². The Morgan fingerprint density at radius 3 is 2.71 bits per heavy atom. The van der Waals surface area contributed by atoms with Crippen LogP contribution >= 0.6 is 11.3 Å². The van der Waals surface area contributed by atoms with Gasteiger partial charge < -0.3 is 5.32 Å². The van der Waals surface area contributed by atoms with Crippen molar-refractivity contribution >= 4 is 22.9 Å². The fourth-order valence-corrected chi connectivity index (χ4v) is 1.95. The Hall–Kier alpha value is -1.75. The Balaban J connectivity index is 2.25. The van der Waals surface area contributed by atoms with Gasteiger partial charge in [0.25, 0.3) is 5.91 Å². The average molecular weight is 253 g/mol. The molecule has 0 aliphatic rings. The fraction of sp³-hybridized carbons (Fsp3) is 0.0833. The summed E-state index contributed by atoms with van der Waals surface area (Å²) >= 11 is 1.24. The third-order valence-electron chi connectivity index (χ3n) is 2.24. The lowest BCUT2D eigenvalue weighted by molar-refractivity contribution is 0.103. The number of anilines is 1. The smallest absolute Gasteiger partial charge is 0.265 e. The van der Waals surface area contributed by atoms with Gasteiger partial charge in [-0.2, -0.15) is 0 Å². The largest absolute Gasteiger partial charge is 0.319 e. The van der Waals surface area contributed by atoms with E-state index in [9.17, 15) is 13.6 Å². The van der Waals surface area contributed by atoms with E-state index >= 15 is 0 Å². The maximum absolute atomic E-state index is 13.5. The quantitative estimate of drug-likeness (QED) is 0.870. The number of thiophene rings is 1. The van der Waals surface area contributed by atoms with E-state index in [-0.39, 0.29) is 11.3 Å². The Labute approximate surface area is 101 Å². The number of halogens is 2. The molecule has 0 aliphatic heterocycles. The van der Waals surface area contributed by atoms with Gasteiger partial charge in [0.15, 0.2) is 0 Å². The second-order valence-corrected chi connectivity index (χ2v) is 4.46. The molecule has 88 valence electrons. The summed E-state index contributed by atoms with van der Waals surface area (Å²) in [4.78, 5) is 12.1. The zero-order chi connectivity index (χ0) is 12.4. The first-order valence-corrected chi connectivity index (χ1v) is 5.76. The monoisotopic (exact) mass is 253 g/mol. The topological polar surface area (TPSA) is 29.1 Å². The van der Waals surface area contributed by atoms with E-state index in [1.165, 1.54) is 18.3 Å². The highest BCUT2D eigenvalue weighted by atomic mass is 32.1. The van der Waals surface area contributed by atoms with Gasteiger partial charge in [-0.3, -0.25) is 4.79 Å². The van der Waals surface area contributed by atoms with E-state index in [2.05, 4.69) is 5.32 Å². The van der Waals surface area contributed by atoms with E-state index in [1.807, 2.05) is 0 Å². The highest BCUT2D eigenvalue weighted by Crippen LogP contribution is 2.20. The van der Waals surface area contributed by atoms with Crippen LogP contribution in [0.15, 0.2) is 29.6 Å². The van der Waals surface area contributed by atoms with Gasteiger partial charge >= 0.3 is 0 Å². The molecule has 0 saturated carbocycles. The molecule has 2 nitrogen and oxygen atoms in total. The van der Waals surface area contributed by atoms with Crippen LogP contribution in [0.4, 0.5) is 14.5 Å². The van der Waals surface area contributed by atoms with Crippen molar-refractivity contribution in [2.24, 2.45) is 0 Å². The molecule has 0 saturated heterocycles. The van der Waals surface area contributed by atoms with Crippen molar-refractivity contribution < 1.29 is 13.6 Å². The zero-order valence-corrected chi connectivity index (χ0v) is 9.78. The third kappa shape index (κ3) is 2.50. The first kappa shape index (κ1) is 11.7. The number of nitrogens with one attached hydrogen (secondary N) is 1. The molecule has 1 aromatic carbocycles. The minimum atomic E-state index is -0.645. The number of amides is 1.